The summed E-state index contributed by atoms with van der Waals surface area (Å²) in [7, 11) is 0. The fraction of sp³-hybridized carbons (Fsp3) is 0.167. The lowest BCUT2D eigenvalue weighted by Crippen LogP contribution is -2.29. The highest BCUT2D eigenvalue weighted by molar-refractivity contribution is 9.10. The summed E-state index contributed by atoms with van der Waals surface area (Å²) in [6, 6.07) is 19.6. The Labute approximate surface area is 188 Å². The lowest BCUT2D eigenvalue weighted by atomic mass is 10.1. The SMILES string of the molecule is CCCN1C(=O)/C(=C\c2ccc(-c3ccc(C)cc3Br)o2)SC1=Nc1ccccc1. The van der Waals surface area contributed by atoms with E-state index in [9.17, 15) is 4.79 Å². The van der Waals surface area contributed by atoms with Crippen LogP contribution in [-0.4, -0.2) is 22.5 Å². The first-order chi connectivity index (χ1) is 14.5. The van der Waals surface area contributed by atoms with E-state index < -0.39 is 0 Å². The quantitative estimate of drug-likeness (QED) is 0.368. The van der Waals surface area contributed by atoms with Gasteiger partial charge in [-0.25, -0.2) is 4.99 Å². The molecule has 1 aliphatic heterocycles. The molecule has 152 valence electrons. The topological polar surface area (TPSA) is 45.8 Å². The van der Waals surface area contributed by atoms with Crippen LogP contribution in [0, 0.1) is 6.92 Å². The van der Waals surface area contributed by atoms with Gasteiger partial charge >= 0.3 is 0 Å². The second-order valence-electron chi connectivity index (χ2n) is 6.98. The maximum absolute atomic E-state index is 13.0. The maximum Gasteiger partial charge on any atom is 0.266 e. The number of aryl methyl sites for hydroxylation is 1. The highest BCUT2D eigenvalue weighted by Gasteiger charge is 2.33. The van der Waals surface area contributed by atoms with E-state index in [2.05, 4.69) is 33.9 Å². The summed E-state index contributed by atoms with van der Waals surface area (Å²) < 4.78 is 7.00. The van der Waals surface area contributed by atoms with Gasteiger partial charge in [0.05, 0.1) is 10.6 Å². The molecule has 4 nitrogen and oxygen atoms in total. The average molecular weight is 481 g/mol. The third-order valence-electron chi connectivity index (χ3n) is 4.61. The number of carbonyl (C=O) groups is 1. The Morgan fingerprint density at radius 1 is 1.13 bits per heavy atom. The molecule has 2 heterocycles. The summed E-state index contributed by atoms with van der Waals surface area (Å²) in [5, 5.41) is 0.701. The van der Waals surface area contributed by atoms with Crippen LogP contribution in [0.3, 0.4) is 0 Å². The summed E-state index contributed by atoms with van der Waals surface area (Å²) >= 11 is 4.98. The molecule has 0 unspecified atom stereocenters. The van der Waals surface area contributed by atoms with E-state index in [-0.39, 0.29) is 5.91 Å². The number of rotatable bonds is 5. The van der Waals surface area contributed by atoms with Gasteiger partial charge in [0.25, 0.3) is 5.91 Å². The summed E-state index contributed by atoms with van der Waals surface area (Å²) in [6.07, 6.45) is 2.66. The van der Waals surface area contributed by atoms with E-state index in [1.165, 1.54) is 17.3 Å². The van der Waals surface area contributed by atoms with E-state index in [0.717, 1.165) is 27.9 Å². The molecule has 30 heavy (non-hydrogen) atoms. The number of amidine groups is 1. The number of para-hydroxylation sites is 1. The molecule has 6 heteroatoms. The lowest BCUT2D eigenvalue weighted by Gasteiger charge is -2.13. The number of benzene rings is 2. The molecule has 1 saturated heterocycles. The van der Waals surface area contributed by atoms with Gasteiger partial charge in [0.1, 0.15) is 11.5 Å². The van der Waals surface area contributed by atoms with Crippen molar-refractivity contribution < 1.29 is 9.21 Å². The minimum atomic E-state index is -0.0361. The van der Waals surface area contributed by atoms with Crippen LogP contribution in [-0.2, 0) is 4.79 Å². The van der Waals surface area contributed by atoms with Crippen molar-refractivity contribution in [3.63, 3.8) is 0 Å². The molecular weight excluding hydrogens is 460 g/mol. The summed E-state index contributed by atoms with van der Waals surface area (Å²) in [5.74, 6) is 1.37. The maximum atomic E-state index is 13.0. The Hall–Kier alpha value is -2.57. The van der Waals surface area contributed by atoms with Crippen molar-refractivity contribution in [1.29, 1.82) is 0 Å². The number of amides is 1. The molecule has 3 aromatic rings. The van der Waals surface area contributed by atoms with E-state index in [1.807, 2.05) is 61.5 Å². The van der Waals surface area contributed by atoms with Crippen molar-refractivity contribution in [2.75, 3.05) is 6.54 Å². The molecule has 1 fully saturated rings. The van der Waals surface area contributed by atoms with E-state index in [1.54, 1.807) is 11.0 Å². The van der Waals surface area contributed by atoms with Crippen molar-refractivity contribution in [1.82, 2.24) is 4.90 Å². The van der Waals surface area contributed by atoms with Gasteiger partial charge < -0.3 is 4.42 Å². The summed E-state index contributed by atoms with van der Waals surface area (Å²) in [4.78, 5) is 20.0. The Balaban J connectivity index is 1.63. The van der Waals surface area contributed by atoms with Crippen LogP contribution < -0.4 is 0 Å². The van der Waals surface area contributed by atoms with Crippen LogP contribution in [0.25, 0.3) is 17.4 Å². The first-order valence-corrected chi connectivity index (χ1v) is 11.4. The van der Waals surface area contributed by atoms with Crippen LogP contribution in [0.2, 0.25) is 0 Å². The smallest absolute Gasteiger partial charge is 0.266 e. The number of thioether (sulfide) groups is 1. The third kappa shape index (κ3) is 4.45. The van der Waals surface area contributed by atoms with Crippen LogP contribution >= 0.6 is 27.7 Å². The van der Waals surface area contributed by atoms with E-state index in [0.29, 0.717) is 22.4 Å². The number of hydrogen-bond acceptors (Lipinski definition) is 4. The van der Waals surface area contributed by atoms with Crippen LogP contribution in [0.15, 0.2) is 79.5 Å². The molecule has 0 aliphatic carbocycles. The fourth-order valence-electron chi connectivity index (χ4n) is 3.15. The highest BCUT2D eigenvalue weighted by atomic mass is 79.9. The molecule has 1 amide bonds. The minimum Gasteiger partial charge on any atom is -0.457 e. The molecule has 0 spiro atoms. The second-order valence-corrected chi connectivity index (χ2v) is 8.85. The van der Waals surface area contributed by atoms with Gasteiger partial charge in [0, 0.05) is 22.7 Å². The van der Waals surface area contributed by atoms with Gasteiger partial charge in [-0.15, -0.1) is 0 Å². The first-order valence-electron chi connectivity index (χ1n) is 9.76. The zero-order valence-electron chi connectivity index (χ0n) is 16.8. The zero-order chi connectivity index (χ0) is 21.1. The predicted octanol–water partition coefficient (Wildman–Crippen LogP) is 7.03. The van der Waals surface area contributed by atoms with Gasteiger partial charge in [0.15, 0.2) is 5.17 Å². The molecule has 1 aromatic heterocycles. The Bertz CT molecular complexity index is 1140. The Morgan fingerprint density at radius 2 is 1.93 bits per heavy atom. The second kappa shape index (κ2) is 9.06. The van der Waals surface area contributed by atoms with Crippen molar-refractivity contribution >= 4 is 50.5 Å². The number of furan rings is 1. The highest BCUT2D eigenvalue weighted by Crippen LogP contribution is 2.36. The molecule has 0 N–H and O–H groups in total. The summed E-state index contributed by atoms with van der Waals surface area (Å²) in [5.41, 5.74) is 2.99. The van der Waals surface area contributed by atoms with Crippen LogP contribution in [0.4, 0.5) is 5.69 Å². The number of aliphatic imine (C=N–C) groups is 1. The van der Waals surface area contributed by atoms with Crippen LogP contribution in [0.5, 0.6) is 0 Å². The number of carbonyl (C=O) groups excluding carboxylic acids is 1. The number of hydrogen-bond donors (Lipinski definition) is 0. The Morgan fingerprint density at radius 3 is 2.67 bits per heavy atom. The van der Waals surface area contributed by atoms with Crippen molar-refractivity contribution in [2.45, 2.75) is 20.3 Å². The van der Waals surface area contributed by atoms with Gasteiger partial charge in [-0.2, -0.15) is 0 Å². The van der Waals surface area contributed by atoms with E-state index in [4.69, 9.17) is 4.42 Å². The molecule has 0 saturated carbocycles. The Kier molecular flexibility index (Phi) is 6.25. The first kappa shape index (κ1) is 20.7. The molecule has 0 radical (unpaired) electrons. The molecule has 2 aromatic carbocycles. The number of nitrogens with zero attached hydrogens (tertiary/aromatic N) is 2. The molecule has 1 aliphatic rings. The fourth-order valence-corrected chi connectivity index (χ4v) is 4.84. The summed E-state index contributed by atoms with van der Waals surface area (Å²) in [6.45, 7) is 4.73. The minimum absolute atomic E-state index is 0.0361. The zero-order valence-corrected chi connectivity index (χ0v) is 19.2. The normalized spacial score (nSPS) is 16.8. The van der Waals surface area contributed by atoms with Gasteiger partial charge in [-0.3, -0.25) is 9.69 Å². The van der Waals surface area contributed by atoms with Crippen molar-refractivity contribution in [3.05, 3.63) is 81.4 Å². The largest absolute Gasteiger partial charge is 0.457 e. The predicted molar refractivity (Wildman–Crippen MR) is 128 cm³/mol. The standard InChI is InChI=1S/C24H21BrN2O2S/c1-3-13-27-23(28)22(30-24(27)26-17-7-5-4-6-8-17)15-18-10-12-21(29-18)19-11-9-16(2)14-20(19)25/h4-12,14-15H,3,13H2,1-2H3/b22-15+,26-24?. The average Bonchev–Trinajstić information content (AvgIpc) is 3.30. The van der Waals surface area contributed by atoms with Crippen molar-refractivity contribution in [2.24, 2.45) is 4.99 Å². The molecule has 0 atom stereocenters. The van der Waals surface area contributed by atoms with Gasteiger partial charge in [-0.05, 0) is 67.1 Å². The van der Waals surface area contributed by atoms with Crippen LogP contribution in [0.1, 0.15) is 24.7 Å². The number of halogens is 1. The van der Waals surface area contributed by atoms with Crippen molar-refractivity contribution in [3.8, 4) is 11.3 Å². The third-order valence-corrected chi connectivity index (χ3v) is 6.27. The van der Waals surface area contributed by atoms with Gasteiger partial charge in [-0.1, -0.05) is 47.1 Å². The van der Waals surface area contributed by atoms with E-state index >= 15 is 0 Å². The molecule has 0 bridgehead atoms. The monoisotopic (exact) mass is 480 g/mol. The molecular formula is C24H21BrN2O2S. The van der Waals surface area contributed by atoms with Gasteiger partial charge in [0.2, 0.25) is 0 Å². The molecule has 4 rings (SSSR count). The lowest BCUT2D eigenvalue weighted by molar-refractivity contribution is -0.122.